The number of carbonyl (C=O) groups excluding carboxylic acids is 2. The molecule has 0 radical (unpaired) electrons. The van der Waals surface area contributed by atoms with E-state index < -0.39 is 10.0 Å². The van der Waals surface area contributed by atoms with E-state index in [4.69, 9.17) is 4.52 Å². The summed E-state index contributed by atoms with van der Waals surface area (Å²) in [6, 6.07) is 0.254. The van der Waals surface area contributed by atoms with Crippen LogP contribution in [0, 0.1) is 25.7 Å². The van der Waals surface area contributed by atoms with Crippen LogP contribution >= 0.6 is 0 Å². The zero-order valence-electron chi connectivity index (χ0n) is 18.7. The van der Waals surface area contributed by atoms with E-state index in [2.05, 4.69) is 10.1 Å². The number of likely N-dealkylation sites (tertiary alicyclic amines) is 1. The minimum Gasteiger partial charge on any atom is -0.360 e. The molecule has 32 heavy (non-hydrogen) atoms. The smallest absolute Gasteiger partial charge is 0.320 e. The number of rotatable bonds is 2. The van der Waals surface area contributed by atoms with Crippen LogP contribution < -0.4 is 0 Å². The van der Waals surface area contributed by atoms with Crippen LogP contribution in [-0.4, -0.2) is 96.4 Å². The van der Waals surface area contributed by atoms with E-state index in [1.54, 1.807) is 18.7 Å². The average molecular weight is 466 g/mol. The van der Waals surface area contributed by atoms with E-state index in [1.165, 1.54) is 4.31 Å². The van der Waals surface area contributed by atoms with Gasteiger partial charge >= 0.3 is 6.03 Å². The molecule has 4 aliphatic heterocycles. The lowest BCUT2D eigenvalue weighted by molar-refractivity contribution is -0.144. The largest absolute Gasteiger partial charge is 0.360 e. The molecule has 3 atom stereocenters. The van der Waals surface area contributed by atoms with Crippen LogP contribution in [0.3, 0.4) is 0 Å². The summed E-state index contributed by atoms with van der Waals surface area (Å²) in [5.41, 5.74) is 0.358. The van der Waals surface area contributed by atoms with Gasteiger partial charge in [0.2, 0.25) is 15.9 Å². The highest BCUT2D eigenvalue weighted by Gasteiger charge is 2.45. The molecule has 0 spiro atoms. The second kappa shape index (κ2) is 8.02. The Labute approximate surface area is 188 Å². The fourth-order valence-electron chi connectivity index (χ4n) is 6.06. The summed E-state index contributed by atoms with van der Waals surface area (Å²) in [6.07, 6.45) is 3.71. The number of piperidine rings is 3. The van der Waals surface area contributed by atoms with E-state index >= 15 is 0 Å². The van der Waals surface area contributed by atoms with E-state index in [0.29, 0.717) is 50.1 Å². The van der Waals surface area contributed by atoms with Gasteiger partial charge < -0.3 is 19.2 Å². The summed E-state index contributed by atoms with van der Waals surface area (Å²) >= 11 is 0. The van der Waals surface area contributed by atoms with Crippen molar-refractivity contribution in [3.8, 4) is 0 Å². The number of carbonyl (C=O) groups is 2. The lowest BCUT2D eigenvalue weighted by atomic mass is 9.76. The van der Waals surface area contributed by atoms with E-state index in [1.807, 2.05) is 4.90 Å². The lowest BCUT2D eigenvalue weighted by Gasteiger charge is -2.53. The monoisotopic (exact) mass is 465 g/mol. The Morgan fingerprint density at radius 3 is 2.50 bits per heavy atom. The maximum Gasteiger partial charge on any atom is 0.320 e. The van der Waals surface area contributed by atoms with Crippen LogP contribution in [0.25, 0.3) is 0 Å². The first-order valence-corrected chi connectivity index (χ1v) is 13.0. The topological polar surface area (TPSA) is 107 Å². The summed E-state index contributed by atoms with van der Waals surface area (Å²) < 4.78 is 32.5. The molecule has 11 heteroatoms. The first-order chi connectivity index (χ1) is 15.3. The second-order valence-electron chi connectivity index (χ2n) is 9.60. The molecular weight excluding hydrogens is 434 g/mol. The number of hydrogen-bond donors (Lipinski definition) is 0. The first kappa shape index (κ1) is 21.7. The molecule has 0 aromatic carbocycles. The van der Waals surface area contributed by atoms with Crippen LogP contribution in [0.2, 0.25) is 0 Å². The van der Waals surface area contributed by atoms with Crippen LogP contribution in [0.5, 0.6) is 0 Å². The Hall–Kier alpha value is -2.14. The van der Waals surface area contributed by atoms with E-state index in [0.717, 1.165) is 25.8 Å². The van der Waals surface area contributed by atoms with E-state index in [-0.39, 0.29) is 41.7 Å². The van der Waals surface area contributed by atoms with Gasteiger partial charge in [-0.2, -0.15) is 4.31 Å². The molecule has 3 amide bonds. The Bertz CT molecular complexity index is 996. The minimum absolute atomic E-state index is 0.00956. The van der Waals surface area contributed by atoms with Crippen molar-refractivity contribution in [3.63, 3.8) is 0 Å². The Morgan fingerprint density at radius 1 is 1.06 bits per heavy atom. The van der Waals surface area contributed by atoms with Crippen molar-refractivity contribution in [2.45, 2.75) is 50.5 Å². The summed E-state index contributed by atoms with van der Waals surface area (Å²) in [6.45, 7) is 6.56. The summed E-state index contributed by atoms with van der Waals surface area (Å²) in [7, 11) is -3.70. The molecule has 5 heterocycles. The number of urea groups is 1. The lowest BCUT2D eigenvalue weighted by Crippen LogP contribution is -2.63. The van der Waals surface area contributed by atoms with Crippen molar-refractivity contribution in [2.24, 2.45) is 11.8 Å². The summed E-state index contributed by atoms with van der Waals surface area (Å²) in [5.74, 6) is 1.23. The van der Waals surface area contributed by atoms with Gasteiger partial charge in [-0.3, -0.25) is 4.79 Å². The number of fused-ring (bicyclic) bond motifs is 4. The fourth-order valence-corrected chi connectivity index (χ4v) is 7.77. The molecule has 4 saturated heterocycles. The Morgan fingerprint density at radius 2 is 1.81 bits per heavy atom. The van der Waals surface area contributed by atoms with Crippen molar-refractivity contribution >= 4 is 22.0 Å². The number of piperazine rings is 1. The normalized spacial score (nSPS) is 29.2. The van der Waals surface area contributed by atoms with Gasteiger partial charge in [0, 0.05) is 58.3 Å². The highest BCUT2D eigenvalue weighted by atomic mass is 32.2. The van der Waals surface area contributed by atoms with Gasteiger partial charge in [-0.15, -0.1) is 0 Å². The van der Waals surface area contributed by atoms with Crippen molar-refractivity contribution in [3.05, 3.63) is 11.5 Å². The molecule has 1 aromatic heterocycles. The maximum atomic E-state index is 13.3. The van der Waals surface area contributed by atoms with Gasteiger partial charge in [0.1, 0.15) is 10.6 Å². The van der Waals surface area contributed by atoms with Crippen LogP contribution in [-0.2, 0) is 14.8 Å². The first-order valence-electron chi connectivity index (χ1n) is 11.5. The molecule has 5 rings (SSSR count). The predicted octanol–water partition coefficient (Wildman–Crippen LogP) is 1.05. The molecular formula is C21H31N5O5S. The fraction of sp³-hybridized carbons (Fsp3) is 0.762. The highest BCUT2D eigenvalue weighted by Crippen LogP contribution is 2.38. The Balaban J connectivity index is 1.22. The van der Waals surface area contributed by atoms with Crippen molar-refractivity contribution < 1.29 is 22.5 Å². The molecule has 0 aliphatic carbocycles. The molecule has 4 aliphatic rings. The number of sulfonamides is 1. The van der Waals surface area contributed by atoms with E-state index in [9.17, 15) is 18.0 Å². The summed E-state index contributed by atoms with van der Waals surface area (Å²) in [5, 5.41) is 3.77. The number of nitrogens with zero attached hydrogens (tertiary/aromatic N) is 5. The van der Waals surface area contributed by atoms with Gasteiger partial charge in [0.25, 0.3) is 0 Å². The SMILES string of the molecule is Cc1noc(C)c1S(=O)(=O)N1CCN(C(=O)N2CC3CC(C2)[C@H]2CCCC(=O)N2C3)CC1. The molecule has 0 N–H and O–H groups in total. The minimum atomic E-state index is -3.70. The van der Waals surface area contributed by atoms with Crippen molar-refractivity contribution in [2.75, 3.05) is 45.8 Å². The third kappa shape index (κ3) is 3.59. The molecule has 1 aromatic rings. The highest BCUT2D eigenvalue weighted by molar-refractivity contribution is 7.89. The number of hydrogen-bond acceptors (Lipinski definition) is 6. The second-order valence-corrected chi connectivity index (χ2v) is 11.5. The molecule has 176 valence electrons. The van der Waals surface area contributed by atoms with Crippen molar-refractivity contribution in [1.29, 1.82) is 0 Å². The zero-order chi connectivity index (χ0) is 22.6. The van der Waals surface area contributed by atoms with Gasteiger partial charge in [0.15, 0.2) is 5.76 Å². The average Bonchev–Trinajstić information content (AvgIpc) is 3.12. The number of aryl methyl sites for hydroxylation is 2. The van der Waals surface area contributed by atoms with Crippen LogP contribution in [0.15, 0.2) is 9.42 Å². The molecule has 10 nitrogen and oxygen atoms in total. The summed E-state index contributed by atoms with van der Waals surface area (Å²) in [4.78, 5) is 31.5. The molecule has 2 bridgehead atoms. The standard InChI is InChI=1S/C21H31N5O5S/c1-14-20(15(2)31-22-14)32(29,30)25-8-6-23(7-9-25)21(28)24-11-16-10-17(13-24)18-4-3-5-19(27)26(18)12-16/h16-18H,3-13H2,1-2H3/t16?,17?,18-/m1/s1. The van der Waals surface area contributed by atoms with Gasteiger partial charge in [-0.05, 0) is 44.9 Å². The molecule has 0 saturated carbocycles. The van der Waals surface area contributed by atoms with Gasteiger partial charge in [-0.25, -0.2) is 13.2 Å². The van der Waals surface area contributed by atoms with Crippen LogP contribution in [0.4, 0.5) is 4.79 Å². The van der Waals surface area contributed by atoms with Gasteiger partial charge in [-0.1, -0.05) is 5.16 Å². The maximum absolute atomic E-state index is 13.3. The quantitative estimate of drug-likeness (QED) is 0.646. The van der Waals surface area contributed by atoms with Gasteiger partial charge in [0.05, 0.1) is 0 Å². The molecule has 2 unspecified atom stereocenters. The number of aromatic nitrogens is 1. The third-order valence-electron chi connectivity index (χ3n) is 7.53. The van der Waals surface area contributed by atoms with Crippen LogP contribution in [0.1, 0.15) is 37.1 Å². The molecule has 4 fully saturated rings. The number of amides is 3. The Kier molecular flexibility index (Phi) is 5.43. The predicted molar refractivity (Wildman–Crippen MR) is 114 cm³/mol. The third-order valence-corrected chi connectivity index (χ3v) is 9.67. The van der Waals surface area contributed by atoms with Crippen molar-refractivity contribution in [1.82, 2.24) is 24.2 Å². The zero-order valence-corrected chi connectivity index (χ0v) is 19.5.